The molecule has 0 bridgehead atoms. The van der Waals surface area contributed by atoms with Crippen LogP contribution in [0.3, 0.4) is 0 Å². The van der Waals surface area contributed by atoms with Crippen LogP contribution in [0, 0.1) is 10.1 Å². The molecule has 0 saturated heterocycles. The van der Waals surface area contributed by atoms with Gasteiger partial charge in [-0.05, 0) is 18.6 Å². The second-order valence-corrected chi connectivity index (χ2v) is 5.22. The number of nitrogens with zero attached hydrogens (tertiary/aromatic N) is 1. The molecule has 0 atom stereocenters. The molecule has 0 spiro atoms. The van der Waals surface area contributed by atoms with Gasteiger partial charge in [0.1, 0.15) is 11.4 Å². The summed E-state index contributed by atoms with van der Waals surface area (Å²) in [6.45, 7) is 2.81. The molecule has 0 heterocycles. The van der Waals surface area contributed by atoms with Crippen LogP contribution in [-0.2, 0) is 0 Å². The molecule has 0 aliphatic heterocycles. The average Bonchev–Trinajstić information content (AvgIpc) is 2.28. The van der Waals surface area contributed by atoms with Gasteiger partial charge in [-0.3, -0.25) is 10.1 Å². The van der Waals surface area contributed by atoms with Crippen LogP contribution in [-0.4, -0.2) is 17.7 Å². The third-order valence-electron chi connectivity index (χ3n) is 2.32. The van der Waals surface area contributed by atoms with Crippen LogP contribution in [0.15, 0.2) is 16.6 Å². The fraction of sp³-hybridized carbons (Fsp3) is 0.455. The normalized spacial score (nSPS) is 10.2. The molecule has 0 aliphatic carbocycles. The number of halogens is 1. The summed E-state index contributed by atoms with van der Waals surface area (Å²) in [5.41, 5.74) is 1.13. The van der Waals surface area contributed by atoms with Gasteiger partial charge in [-0.15, -0.1) is 0 Å². The van der Waals surface area contributed by atoms with Crippen molar-refractivity contribution in [1.82, 2.24) is 0 Å². The van der Waals surface area contributed by atoms with Crippen molar-refractivity contribution in [2.45, 2.75) is 19.8 Å². The minimum atomic E-state index is -0.362. The Bertz CT molecular complexity index is 429. The van der Waals surface area contributed by atoms with E-state index < -0.39 is 0 Å². The van der Waals surface area contributed by atoms with Crippen molar-refractivity contribution in [3.63, 3.8) is 0 Å². The van der Waals surface area contributed by atoms with Gasteiger partial charge in [0.05, 0.1) is 4.92 Å². The van der Waals surface area contributed by atoms with Crippen LogP contribution >= 0.6 is 27.9 Å². The number of nitro benzene ring substituents is 1. The van der Waals surface area contributed by atoms with E-state index in [1.54, 1.807) is 12.1 Å². The number of hydrogen-bond acceptors (Lipinski definition) is 5. The molecule has 0 saturated carbocycles. The summed E-state index contributed by atoms with van der Waals surface area (Å²) in [4.78, 5) is 10.8. The third-order valence-corrected chi connectivity index (χ3v) is 3.20. The van der Waals surface area contributed by atoms with E-state index in [1.807, 2.05) is 6.26 Å². The highest BCUT2D eigenvalue weighted by molar-refractivity contribution is 9.10. The van der Waals surface area contributed by atoms with E-state index in [0.717, 1.165) is 23.9 Å². The highest BCUT2D eigenvalue weighted by Crippen LogP contribution is 2.37. The first-order valence-corrected chi connectivity index (χ1v) is 7.62. The zero-order valence-electron chi connectivity index (χ0n) is 10.3. The quantitative estimate of drug-likeness (QED) is 0.337. The van der Waals surface area contributed by atoms with Crippen LogP contribution < -0.4 is 10.0 Å². The predicted molar refractivity (Wildman–Crippen MR) is 81.3 cm³/mol. The summed E-state index contributed by atoms with van der Waals surface area (Å²) in [6.07, 6.45) is 3.86. The number of nitro groups is 1. The Kier molecular flexibility index (Phi) is 6.28. The molecule has 0 radical (unpaired) electrons. The smallest absolute Gasteiger partial charge is 0.316 e. The molecule has 1 aromatic rings. The first-order valence-electron chi connectivity index (χ1n) is 5.61. The van der Waals surface area contributed by atoms with Crippen molar-refractivity contribution in [2.24, 2.45) is 0 Å². The van der Waals surface area contributed by atoms with Gasteiger partial charge < -0.3 is 10.0 Å². The lowest BCUT2D eigenvalue weighted by Gasteiger charge is -2.11. The molecular formula is C11H16BrN3O2S. The Morgan fingerprint density at radius 1 is 1.44 bits per heavy atom. The van der Waals surface area contributed by atoms with Gasteiger partial charge >= 0.3 is 5.69 Å². The zero-order chi connectivity index (χ0) is 13.5. The van der Waals surface area contributed by atoms with E-state index in [9.17, 15) is 10.1 Å². The molecular weight excluding hydrogens is 318 g/mol. The van der Waals surface area contributed by atoms with Crippen molar-refractivity contribution in [2.75, 3.05) is 22.8 Å². The summed E-state index contributed by atoms with van der Waals surface area (Å²) in [6, 6.07) is 3.44. The monoisotopic (exact) mass is 333 g/mol. The molecule has 1 rings (SSSR count). The Morgan fingerprint density at radius 2 is 2.11 bits per heavy atom. The van der Waals surface area contributed by atoms with E-state index in [4.69, 9.17) is 0 Å². The first-order chi connectivity index (χ1) is 8.60. The largest absolute Gasteiger partial charge is 0.379 e. The lowest BCUT2D eigenvalue weighted by Crippen LogP contribution is -2.05. The summed E-state index contributed by atoms with van der Waals surface area (Å²) in [5.74, 6) is 0. The molecule has 2 N–H and O–H groups in total. The fourth-order valence-corrected chi connectivity index (χ4v) is 2.35. The van der Waals surface area contributed by atoms with Crippen LogP contribution in [0.25, 0.3) is 0 Å². The topological polar surface area (TPSA) is 67.2 Å². The maximum absolute atomic E-state index is 11.2. The van der Waals surface area contributed by atoms with Gasteiger partial charge in [-0.25, -0.2) is 0 Å². The Hall–Kier alpha value is -0.950. The Morgan fingerprint density at radius 3 is 2.67 bits per heavy atom. The number of rotatable bonds is 7. The van der Waals surface area contributed by atoms with Gasteiger partial charge in [0.2, 0.25) is 0 Å². The van der Waals surface area contributed by atoms with Crippen LogP contribution in [0.2, 0.25) is 0 Å². The fourth-order valence-electron chi connectivity index (χ4n) is 1.52. The maximum atomic E-state index is 11.2. The Labute approximate surface area is 119 Å². The Balaban J connectivity index is 3.08. The maximum Gasteiger partial charge on any atom is 0.316 e. The molecule has 18 heavy (non-hydrogen) atoms. The lowest BCUT2D eigenvalue weighted by atomic mass is 10.2. The highest BCUT2D eigenvalue weighted by Gasteiger charge is 2.20. The second kappa shape index (κ2) is 7.48. The molecule has 0 unspecified atom stereocenters. The second-order valence-electron chi connectivity index (χ2n) is 3.69. The van der Waals surface area contributed by atoms with Crippen molar-refractivity contribution >= 4 is 44.9 Å². The molecule has 0 amide bonds. The first kappa shape index (κ1) is 15.1. The summed E-state index contributed by atoms with van der Waals surface area (Å²) in [5, 5.41) is 14.3. The van der Waals surface area contributed by atoms with E-state index >= 15 is 0 Å². The predicted octanol–water partition coefficient (Wildman–Crippen LogP) is 4.26. The summed E-state index contributed by atoms with van der Waals surface area (Å²) >= 11 is 4.69. The van der Waals surface area contributed by atoms with Crippen molar-refractivity contribution in [1.29, 1.82) is 0 Å². The number of benzene rings is 1. The van der Waals surface area contributed by atoms with Gasteiger partial charge in [0, 0.05) is 17.3 Å². The number of anilines is 2. The standard InChI is InChI=1S/C11H16BrN3O2S/c1-3-4-5-13-9-6-8(12)7-10(14-18-2)11(9)15(16)17/h6-7,13-14H,3-5H2,1-2H3. The van der Waals surface area contributed by atoms with Gasteiger partial charge in [-0.2, -0.15) is 0 Å². The number of unbranched alkanes of at least 4 members (excludes halogenated alkanes) is 1. The summed E-state index contributed by atoms with van der Waals surface area (Å²) in [7, 11) is 0. The van der Waals surface area contributed by atoms with Gasteiger partial charge in [0.25, 0.3) is 0 Å². The molecule has 0 aromatic heterocycles. The molecule has 0 aliphatic rings. The third kappa shape index (κ3) is 4.06. The molecule has 1 aromatic carbocycles. The van der Waals surface area contributed by atoms with Crippen molar-refractivity contribution < 1.29 is 4.92 Å². The van der Waals surface area contributed by atoms with E-state index in [2.05, 4.69) is 32.9 Å². The van der Waals surface area contributed by atoms with Gasteiger partial charge in [0.15, 0.2) is 0 Å². The van der Waals surface area contributed by atoms with Crippen molar-refractivity contribution in [3.8, 4) is 0 Å². The van der Waals surface area contributed by atoms with Crippen LogP contribution in [0.4, 0.5) is 17.1 Å². The van der Waals surface area contributed by atoms with E-state index in [1.165, 1.54) is 11.9 Å². The molecule has 100 valence electrons. The summed E-state index contributed by atoms with van der Waals surface area (Å²) < 4.78 is 3.74. The lowest BCUT2D eigenvalue weighted by molar-refractivity contribution is -0.383. The van der Waals surface area contributed by atoms with Gasteiger partial charge in [-0.1, -0.05) is 41.2 Å². The molecule has 5 nitrogen and oxygen atoms in total. The zero-order valence-corrected chi connectivity index (χ0v) is 12.7. The minimum absolute atomic E-state index is 0.0867. The van der Waals surface area contributed by atoms with Crippen LogP contribution in [0.1, 0.15) is 19.8 Å². The van der Waals surface area contributed by atoms with Crippen LogP contribution in [0.5, 0.6) is 0 Å². The molecule has 7 heteroatoms. The molecule has 0 fully saturated rings. The van der Waals surface area contributed by atoms with E-state index in [-0.39, 0.29) is 10.6 Å². The van der Waals surface area contributed by atoms with E-state index in [0.29, 0.717) is 11.4 Å². The van der Waals surface area contributed by atoms with Crippen molar-refractivity contribution in [3.05, 3.63) is 26.7 Å². The average molecular weight is 334 g/mol. The highest BCUT2D eigenvalue weighted by atomic mass is 79.9. The minimum Gasteiger partial charge on any atom is -0.379 e. The number of nitrogens with one attached hydrogen (secondary N) is 2. The SMILES string of the molecule is CCCCNc1cc(Br)cc(NSC)c1[N+](=O)[O-]. The number of hydrogen-bond donors (Lipinski definition) is 2.